The summed E-state index contributed by atoms with van der Waals surface area (Å²) in [7, 11) is 0. The van der Waals surface area contributed by atoms with Crippen molar-refractivity contribution in [3.05, 3.63) is 30.5 Å². The minimum Gasteiger partial charge on any atom is -0.462 e. The molecule has 0 saturated carbocycles. The molecule has 0 aliphatic carbocycles. The Balaban J connectivity index is 2.39. The topological polar surface area (TPSA) is 77.6 Å². The molecule has 0 bridgehead atoms. The van der Waals surface area contributed by atoms with E-state index in [9.17, 15) is 9.59 Å². The fraction of sp³-hybridized carbons (Fsp3) is 0.333. The van der Waals surface area contributed by atoms with E-state index >= 15 is 0 Å². The summed E-state index contributed by atoms with van der Waals surface area (Å²) in [5, 5.41) is 0.736. The number of H-pyrrole nitrogens is 1. The van der Waals surface area contributed by atoms with Crippen molar-refractivity contribution in [2.75, 3.05) is 13.2 Å². The lowest BCUT2D eigenvalue weighted by molar-refractivity contribution is -0.168. The molecule has 0 amide bonds. The molecular formula is C15H16BrNO5. The minimum atomic E-state index is -2.04. The lowest BCUT2D eigenvalue weighted by Crippen LogP contribution is -2.48. The first kappa shape index (κ1) is 16.4. The third kappa shape index (κ3) is 3.09. The number of benzene rings is 1. The Morgan fingerprint density at radius 2 is 1.77 bits per heavy atom. The summed E-state index contributed by atoms with van der Waals surface area (Å²) in [6.07, 6.45) is 1.74. The molecule has 6 nitrogen and oxygen atoms in total. The Hall–Kier alpha value is -2.02. The molecular weight excluding hydrogens is 354 g/mol. The second kappa shape index (κ2) is 6.83. The monoisotopic (exact) mass is 369 g/mol. The summed E-state index contributed by atoms with van der Waals surface area (Å²) < 4.78 is 13.5. The van der Waals surface area contributed by atoms with E-state index in [1.54, 1.807) is 38.2 Å². The number of halogens is 1. The highest BCUT2D eigenvalue weighted by Crippen LogP contribution is 2.32. The Morgan fingerprint density at radius 1 is 1.14 bits per heavy atom. The van der Waals surface area contributed by atoms with Gasteiger partial charge in [-0.25, -0.2) is 9.59 Å². The highest BCUT2D eigenvalue weighted by atomic mass is 79.9. The van der Waals surface area contributed by atoms with E-state index in [1.807, 2.05) is 6.07 Å². The van der Waals surface area contributed by atoms with Crippen LogP contribution in [0.2, 0.25) is 0 Å². The number of ether oxygens (including phenoxy) is 3. The standard InChI is InChI=1S/C15H16BrNO5/c1-3-20-13(18)15(16,14(19)21-4-2)22-12-7-5-6-11-10(12)8-9-17-11/h5-9,17H,3-4H2,1-2H3. The van der Waals surface area contributed by atoms with Gasteiger partial charge in [0.05, 0.1) is 13.2 Å². The van der Waals surface area contributed by atoms with Crippen molar-refractivity contribution < 1.29 is 23.8 Å². The van der Waals surface area contributed by atoms with E-state index in [0.29, 0.717) is 5.75 Å². The Kier molecular flexibility index (Phi) is 5.07. The van der Waals surface area contributed by atoms with Crippen LogP contribution in [0.1, 0.15) is 13.8 Å². The van der Waals surface area contributed by atoms with E-state index < -0.39 is 16.4 Å². The van der Waals surface area contributed by atoms with Gasteiger partial charge < -0.3 is 19.2 Å². The van der Waals surface area contributed by atoms with Gasteiger partial charge in [0.25, 0.3) is 0 Å². The maximum Gasteiger partial charge on any atom is 0.374 e. The van der Waals surface area contributed by atoms with Crippen molar-refractivity contribution in [2.24, 2.45) is 0 Å². The van der Waals surface area contributed by atoms with Gasteiger partial charge in [-0.15, -0.1) is 0 Å². The normalized spacial score (nSPS) is 11.2. The smallest absolute Gasteiger partial charge is 0.374 e. The molecule has 0 aliphatic heterocycles. The van der Waals surface area contributed by atoms with Crippen LogP contribution in [0.15, 0.2) is 30.5 Å². The van der Waals surface area contributed by atoms with Crippen LogP contribution in [-0.4, -0.2) is 34.6 Å². The molecule has 118 valence electrons. The number of alkyl halides is 1. The number of hydrogen-bond acceptors (Lipinski definition) is 5. The third-order valence-corrected chi connectivity index (χ3v) is 3.69. The van der Waals surface area contributed by atoms with E-state index in [4.69, 9.17) is 14.2 Å². The zero-order chi connectivity index (χ0) is 16.2. The largest absolute Gasteiger partial charge is 0.462 e. The van der Waals surface area contributed by atoms with Gasteiger partial charge in [-0.3, -0.25) is 0 Å². The number of rotatable bonds is 6. The van der Waals surface area contributed by atoms with Gasteiger partial charge in [0, 0.05) is 17.1 Å². The van der Waals surface area contributed by atoms with Crippen molar-refractivity contribution in [2.45, 2.75) is 18.4 Å². The van der Waals surface area contributed by atoms with Gasteiger partial charge in [-0.1, -0.05) is 6.07 Å². The van der Waals surface area contributed by atoms with Crippen LogP contribution in [-0.2, 0) is 19.1 Å². The van der Waals surface area contributed by atoms with Crippen LogP contribution < -0.4 is 4.74 Å². The van der Waals surface area contributed by atoms with Crippen LogP contribution in [0, 0.1) is 0 Å². The zero-order valence-electron chi connectivity index (χ0n) is 12.2. The molecule has 0 atom stereocenters. The predicted molar refractivity (Wildman–Crippen MR) is 83.9 cm³/mol. The summed E-state index contributed by atoms with van der Waals surface area (Å²) in [6.45, 7) is 3.51. The second-order valence-corrected chi connectivity index (χ2v) is 5.45. The van der Waals surface area contributed by atoms with Crippen LogP contribution in [0.3, 0.4) is 0 Å². The molecule has 0 aliphatic rings. The van der Waals surface area contributed by atoms with Crippen LogP contribution in [0.4, 0.5) is 0 Å². The molecule has 0 unspecified atom stereocenters. The van der Waals surface area contributed by atoms with E-state index in [1.165, 1.54) is 0 Å². The molecule has 0 spiro atoms. The molecule has 7 heteroatoms. The number of fused-ring (bicyclic) bond motifs is 1. The molecule has 22 heavy (non-hydrogen) atoms. The molecule has 0 radical (unpaired) electrons. The average Bonchev–Trinajstić information content (AvgIpc) is 2.97. The lowest BCUT2D eigenvalue weighted by Gasteiger charge is -2.24. The van der Waals surface area contributed by atoms with Crippen LogP contribution in [0.25, 0.3) is 10.9 Å². The number of hydrogen-bond donors (Lipinski definition) is 1. The summed E-state index contributed by atoms with van der Waals surface area (Å²) in [5.74, 6) is -1.36. The van der Waals surface area contributed by atoms with Gasteiger partial charge in [-0.05, 0) is 48.0 Å². The Labute approximate surface area is 135 Å². The van der Waals surface area contributed by atoms with E-state index in [-0.39, 0.29) is 13.2 Å². The number of carbonyl (C=O) groups is 2. The molecule has 2 rings (SSSR count). The van der Waals surface area contributed by atoms with Crippen molar-refractivity contribution in [1.82, 2.24) is 4.98 Å². The lowest BCUT2D eigenvalue weighted by atomic mass is 10.2. The van der Waals surface area contributed by atoms with Crippen molar-refractivity contribution in [3.8, 4) is 5.75 Å². The molecule has 1 heterocycles. The Morgan fingerprint density at radius 3 is 2.36 bits per heavy atom. The highest BCUT2D eigenvalue weighted by molar-refractivity contribution is 9.10. The SMILES string of the molecule is CCOC(=O)C(Br)(Oc1cccc2[nH]ccc12)C(=O)OCC. The molecule has 0 fully saturated rings. The van der Waals surface area contributed by atoms with Crippen LogP contribution >= 0.6 is 15.9 Å². The van der Waals surface area contributed by atoms with Gasteiger partial charge in [0.15, 0.2) is 0 Å². The number of nitrogens with one attached hydrogen (secondary N) is 1. The van der Waals surface area contributed by atoms with Crippen LogP contribution in [0.5, 0.6) is 5.75 Å². The molecule has 1 aromatic heterocycles. The van der Waals surface area contributed by atoms with Gasteiger partial charge in [0.1, 0.15) is 5.75 Å². The number of aromatic nitrogens is 1. The number of carbonyl (C=O) groups excluding carboxylic acids is 2. The van der Waals surface area contributed by atoms with E-state index in [2.05, 4.69) is 20.9 Å². The first-order chi connectivity index (χ1) is 10.5. The highest BCUT2D eigenvalue weighted by Gasteiger charge is 2.50. The molecule has 1 aromatic carbocycles. The molecule has 1 N–H and O–H groups in total. The number of aromatic amines is 1. The average molecular weight is 370 g/mol. The third-order valence-electron chi connectivity index (χ3n) is 2.88. The maximum atomic E-state index is 12.2. The summed E-state index contributed by atoms with van der Waals surface area (Å²) in [4.78, 5) is 27.3. The minimum absolute atomic E-state index is 0.114. The van der Waals surface area contributed by atoms with Crippen molar-refractivity contribution in [3.63, 3.8) is 0 Å². The first-order valence-corrected chi connectivity index (χ1v) is 7.60. The van der Waals surface area contributed by atoms with Crippen molar-refractivity contribution >= 4 is 38.8 Å². The molecule has 2 aromatic rings. The summed E-state index contributed by atoms with van der Waals surface area (Å²) in [5.41, 5.74) is 0.820. The predicted octanol–water partition coefficient (Wildman–Crippen LogP) is 2.76. The fourth-order valence-electron chi connectivity index (χ4n) is 1.91. The zero-order valence-corrected chi connectivity index (χ0v) is 13.8. The molecule has 0 saturated heterocycles. The summed E-state index contributed by atoms with van der Waals surface area (Å²) >= 11 is 3.05. The number of esters is 2. The quantitative estimate of drug-likeness (QED) is 0.481. The second-order valence-electron chi connectivity index (χ2n) is 4.33. The fourth-order valence-corrected chi connectivity index (χ4v) is 2.31. The van der Waals surface area contributed by atoms with Crippen molar-refractivity contribution in [1.29, 1.82) is 0 Å². The van der Waals surface area contributed by atoms with E-state index in [0.717, 1.165) is 10.9 Å². The maximum absolute atomic E-state index is 12.2. The van der Waals surface area contributed by atoms with Gasteiger partial charge in [0.2, 0.25) is 0 Å². The first-order valence-electron chi connectivity index (χ1n) is 6.81. The summed E-state index contributed by atoms with van der Waals surface area (Å²) in [6, 6.07) is 7.05. The van der Waals surface area contributed by atoms with Gasteiger partial charge in [-0.2, -0.15) is 0 Å². The Bertz CT molecular complexity index is 663. The van der Waals surface area contributed by atoms with Gasteiger partial charge >= 0.3 is 16.4 Å².